The number of benzene rings is 1. The van der Waals surface area contributed by atoms with Gasteiger partial charge in [0.15, 0.2) is 6.29 Å². The highest BCUT2D eigenvalue weighted by molar-refractivity contribution is 5.76. The molecule has 6 nitrogen and oxygen atoms in total. The Morgan fingerprint density at radius 1 is 1.32 bits per heavy atom. The van der Waals surface area contributed by atoms with Crippen LogP contribution in [0.25, 0.3) is 0 Å². The van der Waals surface area contributed by atoms with Gasteiger partial charge in [-0.25, -0.2) is 4.39 Å². The van der Waals surface area contributed by atoms with Crippen LogP contribution in [0, 0.1) is 0 Å². The lowest BCUT2D eigenvalue weighted by Crippen LogP contribution is -2.45. The molecule has 1 aromatic rings. The van der Waals surface area contributed by atoms with E-state index in [4.69, 9.17) is 4.74 Å². The molecular formula is C21H34FN3O3. The van der Waals surface area contributed by atoms with Crippen LogP contribution in [-0.2, 0) is 22.5 Å². The van der Waals surface area contributed by atoms with Gasteiger partial charge in [0.1, 0.15) is 6.67 Å². The van der Waals surface area contributed by atoms with Gasteiger partial charge in [0, 0.05) is 32.0 Å². The van der Waals surface area contributed by atoms with Gasteiger partial charge in [0.2, 0.25) is 5.91 Å². The molecular weight excluding hydrogens is 361 g/mol. The third kappa shape index (κ3) is 7.47. The number of nitrogens with one attached hydrogen (secondary N) is 2. The van der Waals surface area contributed by atoms with Crippen molar-refractivity contribution in [3.63, 3.8) is 0 Å². The van der Waals surface area contributed by atoms with Gasteiger partial charge < -0.3 is 25.4 Å². The second-order valence-electron chi connectivity index (χ2n) is 7.73. The Labute approximate surface area is 167 Å². The second-order valence-corrected chi connectivity index (χ2v) is 7.73. The van der Waals surface area contributed by atoms with Gasteiger partial charge in [0.05, 0.1) is 12.1 Å². The Kier molecular flexibility index (Phi) is 9.31. The summed E-state index contributed by atoms with van der Waals surface area (Å²) in [5.74, 6) is -0.151. The molecule has 0 aromatic heterocycles. The Bertz CT molecular complexity index is 589. The molecule has 1 fully saturated rings. The first-order valence-electron chi connectivity index (χ1n) is 10.0. The highest BCUT2D eigenvalue weighted by Gasteiger charge is 2.28. The van der Waals surface area contributed by atoms with E-state index in [0.717, 1.165) is 18.5 Å². The summed E-state index contributed by atoms with van der Waals surface area (Å²) >= 11 is 0. The molecule has 0 radical (unpaired) electrons. The zero-order valence-electron chi connectivity index (χ0n) is 17.2. The normalized spacial score (nSPS) is 23.6. The maximum Gasteiger partial charge on any atom is 0.221 e. The minimum absolute atomic E-state index is 0.000408. The van der Waals surface area contributed by atoms with Gasteiger partial charge in [-0.15, -0.1) is 0 Å². The van der Waals surface area contributed by atoms with Crippen LogP contribution in [0.2, 0.25) is 0 Å². The van der Waals surface area contributed by atoms with Crippen molar-refractivity contribution >= 4 is 5.91 Å². The number of carbonyl (C=O) groups excluding carboxylic acids is 1. The number of halogens is 1. The van der Waals surface area contributed by atoms with E-state index in [-0.39, 0.29) is 18.1 Å². The molecule has 0 spiro atoms. The fourth-order valence-corrected chi connectivity index (χ4v) is 3.64. The molecule has 0 unspecified atom stereocenters. The number of nitrogens with zero attached hydrogens (tertiary/aromatic N) is 1. The van der Waals surface area contributed by atoms with E-state index < -0.39 is 19.0 Å². The summed E-state index contributed by atoms with van der Waals surface area (Å²) in [5.41, 5.74) is 2.17. The molecule has 0 bridgehead atoms. The molecule has 4 atom stereocenters. The lowest BCUT2D eigenvalue weighted by molar-refractivity contribution is -0.173. The van der Waals surface area contributed by atoms with Crippen molar-refractivity contribution in [1.29, 1.82) is 0 Å². The van der Waals surface area contributed by atoms with Gasteiger partial charge >= 0.3 is 0 Å². The molecule has 158 valence electrons. The van der Waals surface area contributed by atoms with E-state index in [1.165, 1.54) is 5.56 Å². The molecule has 28 heavy (non-hydrogen) atoms. The summed E-state index contributed by atoms with van der Waals surface area (Å²) in [6.45, 7) is 2.70. The quantitative estimate of drug-likeness (QED) is 0.561. The van der Waals surface area contributed by atoms with E-state index in [0.29, 0.717) is 25.8 Å². The Hall–Kier alpha value is -1.54. The van der Waals surface area contributed by atoms with Crippen LogP contribution in [0.4, 0.5) is 4.39 Å². The second kappa shape index (κ2) is 11.5. The predicted molar refractivity (Wildman–Crippen MR) is 108 cm³/mol. The third-order valence-electron chi connectivity index (χ3n) is 5.22. The number of hydrogen-bond donors (Lipinski definition) is 3. The predicted octanol–water partition coefficient (Wildman–Crippen LogP) is 1.61. The fraction of sp³-hybridized carbons (Fsp3) is 0.667. The van der Waals surface area contributed by atoms with Gasteiger partial charge in [-0.1, -0.05) is 24.3 Å². The van der Waals surface area contributed by atoms with Crippen LogP contribution in [0.1, 0.15) is 37.3 Å². The van der Waals surface area contributed by atoms with Crippen molar-refractivity contribution in [3.8, 4) is 0 Å². The van der Waals surface area contributed by atoms with Crippen LogP contribution in [0.15, 0.2) is 24.3 Å². The van der Waals surface area contributed by atoms with Crippen LogP contribution in [-0.4, -0.2) is 67.7 Å². The van der Waals surface area contributed by atoms with Crippen LogP contribution < -0.4 is 10.6 Å². The van der Waals surface area contributed by atoms with Crippen LogP contribution in [0.3, 0.4) is 0 Å². The lowest BCUT2D eigenvalue weighted by Gasteiger charge is -2.36. The van der Waals surface area contributed by atoms with Crippen molar-refractivity contribution < 1.29 is 19.0 Å². The van der Waals surface area contributed by atoms with E-state index >= 15 is 0 Å². The zero-order chi connectivity index (χ0) is 20.5. The Balaban J connectivity index is 1.76. The summed E-state index contributed by atoms with van der Waals surface area (Å²) < 4.78 is 18.7. The third-order valence-corrected chi connectivity index (χ3v) is 5.22. The molecule has 1 saturated heterocycles. The molecule has 0 aliphatic carbocycles. The number of aliphatic hydroxyl groups excluding tert-OH is 1. The van der Waals surface area contributed by atoms with Gasteiger partial charge in [-0.2, -0.15) is 0 Å². The van der Waals surface area contributed by atoms with Crippen LogP contribution >= 0.6 is 0 Å². The molecule has 2 rings (SSSR count). The van der Waals surface area contributed by atoms with E-state index in [9.17, 15) is 14.3 Å². The SMILES string of the molecule is CNCc1ccc(C[C@@H](CF)NC(=O)CCN(C)[C@H]2C[C@@H](C)O[C@@H](O)C2)cc1. The number of carbonyl (C=O) groups is 1. The van der Waals surface area contributed by atoms with Crippen molar-refractivity contribution in [2.24, 2.45) is 0 Å². The standard InChI is InChI=1S/C21H34FN3O3/c1-15-10-19(12-21(27)28-15)25(3)9-8-20(26)24-18(13-22)11-16-4-6-17(7-5-16)14-23-2/h4-7,15,18-19,21,23,27H,8-14H2,1-3H3,(H,24,26)/t15-,18+,19+,21-/m1/s1. The molecule has 1 heterocycles. The zero-order valence-corrected chi connectivity index (χ0v) is 17.2. The monoisotopic (exact) mass is 395 g/mol. The molecule has 7 heteroatoms. The molecule has 0 saturated carbocycles. The van der Waals surface area contributed by atoms with E-state index in [1.54, 1.807) is 0 Å². The number of alkyl halides is 1. The van der Waals surface area contributed by atoms with Crippen LogP contribution in [0.5, 0.6) is 0 Å². The average molecular weight is 396 g/mol. The van der Waals surface area contributed by atoms with Gasteiger partial charge in [-0.05, 0) is 45.0 Å². The maximum atomic E-state index is 13.4. The molecule has 1 amide bonds. The fourth-order valence-electron chi connectivity index (χ4n) is 3.64. The number of ether oxygens (including phenoxy) is 1. The summed E-state index contributed by atoms with van der Waals surface area (Å²) in [5, 5.41) is 15.6. The number of amides is 1. The summed E-state index contributed by atoms with van der Waals surface area (Å²) in [6, 6.07) is 7.65. The highest BCUT2D eigenvalue weighted by Crippen LogP contribution is 2.21. The number of hydrogen-bond acceptors (Lipinski definition) is 5. The molecule has 1 aliphatic rings. The minimum atomic E-state index is -0.750. The smallest absolute Gasteiger partial charge is 0.221 e. The molecule has 1 aromatic carbocycles. The Morgan fingerprint density at radius 3 is 2.61 bits per heavy atom. The summed E-state index contributed by atoms with van der Waals surface area (Å²) in [4.78, 5) is 14.3. The van der Waals surface area contributed by atoms with Gasteiger partial charge in [0.25, 0.3) is 0 Å². The van der Waals surface area contributed by atoms with Crippen molar-refractivity contribution in [3.05, 3.63) is 35.4 Å². The average Bonchev–Trinajstić information content (AvgIpc) is 2.66. The summed E-state index contributed by atoms with van der Waals surface area (Å²) in [7, 11) is 3.84. The van der Waals surface area contributed by atoms with Crippen molar-refractivity contribution in [2.45, 2.75) is 63.6 Å². The molecule has 3 N–H and O–H groups in total. The van der Waals surface area contributed by atoms with E-state index in [2.05, 4.69) is 15.5 Å². The first kappa shape index (κ1) is 22.7. The van der Waals surface area contributed by atoms with Gasteiger partial charge in [-0.3, -0.25) is 4.79 Å². The minimum Gasteiger partial charge on any atom is -0.368 e. The first-order chi connectivity index (χ1) is 13.4. The molecule has 1 aliphatic heterocycles. The van der Waals surface area contributed by atoms with Crippen molar-refractivity contribution in [2.75, 3.05) is 27.3 Å². The lowest BCUT2D eigenvalue weighted by atomic mass is 10.0. The van der Waals surface area contributed by atoms with E-state index in [1.807, 2.05) is 45.3 Å². The Morgan fingerprint density at radius 2 is 2.00 bits per heavy atom. The largest absolute Gasteiger partial charge is 0.368 e. The summed E-state index contributed by atoms with van der Waals surface area (Å²) in [6.07, 6.45) is 1.39. The topological polar surface area (TPSA) is 73.8 Å². The van der Waals surface area contributed by atoms with Crippen molar-refractivity contribution in [1.82, 2.24) is 15.5 Å². The highest BCUT2D eigenvalue weighted by atomic mass is 19.1. The first-order valence-corrected chi connectivity index (χ1v) is 10.0. The maximum absolute atomic E-state index is 13.4. The number of aliphatic hydroxyl groups is 1. The number of rotatable bonds is 10.